The third-order valence-corrected chi connectivity index (χ3v) is 4.74. The van der Waals surface area contributed by atoms with Crippen LogP contribution in [-0.2, 0) is 4.79 Å². The van der Waals surface area contributed by atoms with Gasteiger partial charge in [-0.05, 0) is 31.6 Å². The molecule has 1 atom stereocenters. The van der Waals surface area contributed by atoms with Crippen LogP contribution in [0.15, 0.2) is 18.7 Å². The molecular formula is C14H21N3O. The van der Waals surface area contributed by atoms with E-state index in [0.717, 1.165) is 13.1 Å². The van der Waals surface area contributed by atoms with Gasteiger partial charge in [-0.25, -0.2) is 4.98 Å². The Morgan fingerprint density at radius 2 is 2.11 bits per heavy atom. The van der Waals surface area contributed by atoms with Gasteiger partial charge in [0.1, 0.15) is 6.04 Å². The minimum atomic E-state index is -0.121. The topological polar surface area (TPSA) is 38.1 Å². The number of carbonyl (C=O) groups excluding carboxylic acids is 1. The largest absolute Gasteiger partial charge is 0.340 e. The first-order valence-electron chi connectivity index (χ1n) is 6.96. The number of carbonyl (C=O) groups is 1. The highest BCUT2D eigenvalue weighted by Crippen LogP contribution is 2.45. The summed E-state index contributed by atoms with van der Waals surface area (Å²) in [6.45, 7) is 3.88. The van der Waals surface area contributed by atoms with E-state index in [4.69, 9.17) is 0 Å². The van der Waals surface area contributed by atoms with Crippen molar-refractivity contribution in [1.29, 1.82) is 0 Å². The standard InChI is InChI=1S/C14H21N3O/c1-12(17-9-7-15-11-17)13(18)16-8-6-14(10-16)4-2-3-5-14/h7,9,11-12H,2-6,8,10H2,1H3/t12-/m0/s1. The van der Waals surface area contributed by atoms with Gasteiger partial charge >= 0.3 is 0 Å². The van der Waals surface area contributed by atoms with E-state index >= 15 is 0 Å². The molecule has 1 aromatic heterocycles. The van der Waals surface area contributed by atoms with Gasteiger partial charge in [0.05, 0.1) is 6.33 Å². The highest BCUT2D eigenvalue weighted by Gasteiger charge is 2.42. The Morgan fingerprint density at radius 1 is 1.33 bits per heavy atom. The minimum Gasteiger partial charge on any atom is -0.340 e. The van der Waals surface area contributed by atoms with Gasteiger partial charge < -0.3 is 9.47 Å². The number of imidazole rings is 1. The first-order valence-corrected chi connectivity index (χ1v) is 6.96. The monoisotopic (exact) mass is 247 g/mol. The van der Waals surface area contributed by atoms with E-state index in [2.05, 4.69) is 9.88 Å². The smallest absolute Gasteiger partial charge is 0.245 e. The van der Waals surface area contributed by atoms with Gasteiger partial charge in [-0.2, -0.15) is 0 Å². The molecule has 3 rings (SSSR count). The Labute approximate surface area is 108 Å². The first-order chi connectivity index (χ1) is 8.70. The maximum Gasteiger partial charge on any atom is 0.245 e. The fraction of sp³-hybridized carbons (Fsp3) is 0.714. The number of likely N-dealkylation sites (tertiary alicyclic amines) is 1. The molecule has 1 spiro atoms. The molecule has 0 N–H and O–H groups in total. The van der Waals surface area contributed by atoms with Crippen LogP contribution >= 0.6 is 0 Å². The van der Waals surface area contributed by atoms with Gasteiger partial charge in [-0.1, -0.05) is 12.8 Å². The molecule has 2 aliphatic rings. The number of hydrogen-bond acceptors (Lipinski definition) is 2. The molecule has 0 radical (unpaired) electrons. The van der Waals surface area contributed by atoms with Crippen LogP contribution in [0.1, 0.15) is 45.1 Å². The molecule has 4 nitrogen and oxygen atoms in total. The van der Waals surface area contributed by atoms with Gasteiger partial charge in [0.15, 0.2) is 0 Å². The quantitative estimate of drug-likeness (QED) is 0.804. The van der Waals surface area contributed by atoms with E-state index in [0.29, 0.717) is 5.41 Å². The summed E-state index contributed by atoms with van der Waals surface area (Å²) in [5.41, 5.74) is 0.463. The SMILES string of the molecule is C[C@@H](C(=O)N1CCC2(CCCC2)C1)n1ccnc1. The Kier molecular flexibility index (Phi) is 2.88. The molecule has 0 aromatic carbocycles. The summed E-state index contributed by atoms with van der Waals surface area (Å²) >= 11 is 0. The van der Waals surface area contributed by atoms with Crippen LogP contribution in [0.25, 0.3) is 0 Å². The van der Waals surface area contributed by atoms with Gasteiger partial charge in [-0.15, -0.1) is 0 Å². The third-order valence-electron chi connectivity index (χ3n) is 4.74. The molecule has 2 fully saturated rings. The number of aromatic nitrogens is 2. The summed E-state index contributed by atoms with van der Waals surface area (Å²) in [6, 6.07) is -0.121. The second-order valence-corrected chi connectivity index (χ2v) is 5.90. The summed E-state index contributed by atoms with van der Waals surface area (Å²) in [4.78, 5) is 18.5. The van der Waals surface area contributed by atoms with Crippen LogP contribution in [0.3, 0.4) is 0 Å². The molecule has 1 aliphatic carbocycles. The Balaban J connectivity index is 1.67. The molecule has 2 heterocycles. The fourth-order valence-electron chi connectivity index (χ4n) is 3.55. The average Bonchev–Trinajstić information content (AvgIpc) is 3.10. The molecule has 4 heteroatoms. The van der Waals surface area contributed by atoms with Crippen LogP contribution in [0.5, 0.6) is 0 Å². The van der Waals surface area contributed by atoms with Crippen LogP contribution in [0, 0.1) is 5.41 Å². The lowest BCUT2D eigenvalue weighted by atomic mass is 9.86. The van der Waals surface area contributed by atoms with Crippen molar-refractivity contribution in [2.75, 3.05) is 13.1 Å². The molecule has 1 amide bonds. The normalized spacial score (nSPS) is 23.7. The molecule has 0 unspecified atom stereocenters. The van der Waals surface area contributed by atoms with Gasteiger partial charge in [0.2, 0.25) is 5.91 Å². The second-order valence-electron chi connectivity index (χ2n) is 5.90. The molecule has 1 saturated heterocycles. The van der Waals surface area contributed by atoms with E-state index in [-0.39, 0.29) is 11.9 Å². The fourth-order valence-corrected chi connectivity index (χ4v) is 3.55. The van der Waals surface area contributed by atoms with Crippen molar-refractivity contribution >= 4 is 5.91 Å². The summed E-state index contributed by atoms with van der Waals surface area (Å²) < 4.78 is 1.89. The van der Waals surface area contributed by atoms with Crippen LogP contribution in [0.2, 0.25) is 0 Å². The zero-order valence-electron chi connectivity index (χ0n) is 11.0. The highest BCUT2D eigenvalue weighted by molar-refractivity contribution is 5.80. The summed E-state index contributed by atoms with van der Waals surface area (Å²) in [7, 11) is 0. The van der Waals surface area contributed by atoms with Crippen molar-refractivity contribution < 1.29 is 4.79 Å². The third kappa shape index (κ3) is 1.93. The summed E-state index contributed by atoms with van der Waals surface area (Å²) in [5.74, 6) is 0.247. The predicted octanol–water partition coefficient (Wildman–Crippen LogP) is 2.24. The van der Waals surface area contributed by atoms with Crippen molar-refractivity contribution in [2.45, 2.75) is 45.1 Å². The molecule has 1 aliphatic heterocycles. The zero-order valence-corrected chi connectivity index (χ0v) is 11.0. The van der Waals surface area contributed by atoms with Gasteiger partial charge in [0.25, 0.3) is 0 Å². The number of rotatable bonds is 2. The lowest BCUT2D eigenvalue weighted by Crippen LogP contribution is -2.35. The molecule has 1 saturated carbocycles. The van der Waals surface area contributed by atoms with E-state index in [1.807, 2.05) is 17.7 Å². The van der Waals surface area contributed by atoms with Gasteiger partial charge in [-0.3, -0.25) is 4.79 Å². The molecule has 1 aromatic rings. The Bertz CT molecular complexity index is 420. The lowest BCUT2D eigenvalue weighted by molar-refractivity contribution is -0.133. The first kappa shape index (κ1) is 11.8. The van der Waals surface area contributed by atoms with Crippen molar-refractivity contribution in [2.24, 2.45) is 5.41 Å². The van der Waals surface area contributed by atoms with E-state index < -0.39 is 0 Å². The average molecular weight is 247 g/mol. The van der Waals surface area contributed by atoms with E-state index in [9.17, 15) is 4.79 Å². The van der Waals surface area contributed by atoms with Crippen molar-refractivity contribution in [3.05, 3.63) is 18.7 Å². The molecular weight excluding hydrogens is 226 g/mol. The van der Waals surface area contributed by atoms with E-state index in [1.54, 1.807) is 12.5 Å². The summed E-state index contributed by atoms with van der Waals surface area (Å²) in [5, 5.41) is 0. The molecule has 98 valence electrons. The molecule has 18 heavy (non-hydrogen) atoms. The highest BCUT2D eigenvalue weighted by atomic mass is 16.2. The van der Waals surface area contributed by atoms with Crippen molar-refractivity contribution in [1.82, 2.24) is 14.5 Å². The number of nitrogens with zero attached hydrogens (tertiary/aromatic N) is 3. The lowest BCUT2D eigenvalue weighted by Gasteiger charge is -2.25. The Morgan fingerprint density at radius 3 is 2.78 bits per heavy atom. The van der Waals surface area contributed by atoms with Gasteiger partial charge in [0, 0.05) is 25.5 Å². The van der Waals surface area contributed by atoms with Crippen LogP contribution in [-0.4, -0.2) is 33.4 Å². The number of amides is 1. The Hall–Kier alpha value is -1.32. The van der Waals surface area contributed by atoms with Crippen LogP contribution < -0.4 is 0 Å². The summed E-state index contributed by atoms with van der Waals surface area (Å²) in [6.07, 6.45) is 11.8. The zero-order chi connectivity index (χ0) is 12.6. The minimum absolute atomic E-state index is 0.121. The number of hydrogen-bond donors (Lipinski definition) is 0. The van der Waals surface area contributed by atoms with E-state index in [1.165, 1.54) is 32.1 Å². The van der Waals surface area contributed by atoms with Crippen molar-refractivity contribution in [3.63, 3.8) is 0 Å². The predicted molar refractivity (Wildman–Crippen MR) is 69.0 cm³/mol. The maximum atomic E-state index is 12.5. The second kappa shape index (κ2) is 4.41. The molecule has 0 bridgehead atoms. The maximum absolute atomic E-state index is 12.5. The van der Waals surface area contributed by atoms with Crippen molar-refractivity contribution in [3.8, 4) is 0 Å². The van der Waals surface area contributed by atoms with Crippen LogP contribution in [0.4, 0.5) is 0 Å².